The topological polar surface area (TPSA) is 95.9 Å². The maximum atomic E-state index is 13.7. The number of carboxylic acids is 1. The fourth-order valence-corrected chi connectivity index (χ4v) is 5.46. The average Bonchev–Trinajstić information content (AvgIpc) is 3.16. The van der Waals surface area contributed by atoms with Crippen LogP contribution in [0.2, 0.25) is 0 Å². The molecule has 0 radical (unpaired) electrons. The van der Waals surface area contributed by atoms with Crippen molar-refractivity contribution in [3.63, 3.8) is 0 Å². The molecule has 0 unspecified atom stereocenters. The predicted molar refractivity (Wildman–Crippen MR) is 133 cm³/mol. The summed E-state index contributed by atoms with van der Waals surface area (Å²) in [6, 6.07) is 16.1. The monoisotopic (exact) mass is 478 g/mol. The lowest BCUT2D eigenvalue weighted by Crippen LogP contribution is -2.62. The number of nitrogens with zero attached hydrogens (tertiary/aromatic N) is 1. The van der Waals surface area contributed by atoms with Crippen molar-refractivity contribution in [2.75, 3.05) is 13.2 Å². The first-order chi connectivity index (χ1) is 16.8. The Hall–Kier alpha value is -3.35. The third-order valence-electron chi connectivity index (χ3n) is 7.25. The van der Waals surface area contributed by atoms with Crippen molar-refractivity contribution in [1.82, 2.24) is 10.2 Å². The van der Waals surface area contributed by atoms with Gasteiger partial charge in [0.25, 0.3) is 0 Å². The van der Waals surface area contributed by atoms with E-state index in [-0.39, 0.29) is 37.4 Å². The lowest BCUT2D eigenvalue weighted by atomic mass is 9.80. The molecule has 35 heavy (non-hydrogen) atoms. The van der Waals surface area contributed by atoms with Crippen LogP contribution in [-0.2, 0) is 14.3 Å². The van der Waals surface area contributed by atoms with E-state index in [1.165, 1.54) is 0 Å². The van der Waals surface area contributed by atoms with Gasteiger partial charge >= 0.3 is 12.1 Å². The highest BCUT2D eigenvalue weighted by molar-refractivity contribution is 5.90. The molecule has 0 saturated heterocycles. The summed E-state index contributed by atoms with van der Waals surface area (Å²) in [6.45, 7) is 4.02. The Morgan fingerprint density at radius 3 is 2.11 bits per heavy atom. The zero-order valence-electron chi connectivity index (χ0n) is 20.5. The van der Waals surface area contributed by atoms with Crippen LogP contribution in [0.4, 0.5) is 4.79 Å². The van der Waals surface area contributed by atoms with Gasteiger partial charge in [-0.1, -0.05) is 67.8 Å². The van der Waals surface area contributed by atoms with E-state index in [0.29, 0.717) is 12.8 Å². The quantitative estimate of drug-likeness (QED) is 0.560. The maximum absolute atomic E-state index is 13.7. The van der Waals surface area contributed by atoms with E-state index in [2.05, 4.69) is 29.6 Å². The van der Waals surface area contributed by atoms with Crippen molar-refractivity contribution in [3.05, 3.63) is 59.7 Å². The van der Waals surface area contributed by atoms with E-state index in [1.807, 2.05) is 38.1 Å². The van der Waals surface area contributed by atoms with Crippen LogP contribution in [0.15, 0.2) is 48.5 Å². The average molecular weight is 479 g/mol. The van der Waals surface area contributed by atoms with Crippen LogP contribution in [0.25, 0.3) is 11.1 Å². The Morgan fingerprint density at radius 1 is 1.00 bits per heavy atom. The minimum atomic E-state index is -1.07. The number of hydrogen-bond donors (Lipinski definition) is 2. The van der Waals surface area contributed by atoms with Gasteiger partial charge in [0.1, 0.15) is 12.1 Å². The van der Waals surface area contributed by atoms with Crippen molar-refractivity contribution in [1.29, 1.82) is 0 Å². The second kappa shape index (κ2) is 10.5. The summed E-state index contributed by atoms with van der Waals surface area (Å²) < 4.78 is 5.74. The summed E-state index contributed by atoms with van der Waals surface area (Å²) >= 11 is 0. The van der Waals surface area contributed by atoms with Crippen LogP contribution in [0.1, 0.15) is 69.4 Å². The van der Waals surface area contributed by atoms with Crippen LogP contribution in [0, 0.1) is 0 Å². The molecule has 0 aliphatic heterocycles. The zero-order chi connectivity index (χ0) is 25.0. The van der Waals surface area contributed by atoms with E-state index < -0.39 is 17.6 Å². The third-order valence-corrected chi connectivity index (χ3v) is 7.25. The van der Waals surface area contributed by atoms with Gasteiger partial charge < -0.3 is 20.1 Å². The second-order valence-corrected chi connectivity index (χ2v) is 9.83. The number of carbonyl (C=O) groups excluding carboxylic acids is 2. The molecule has 2 aliphatic carbocycles. The van der Waals surface area contributed by atoms with Crippen molar-refractivity contribution >= 4 is 18.0 Å². The number of aliphatic carboxylic acids is 1. The lowest BCUT2D eigenvalue weighted by molar-refractivity contribution is -0.143. The molecule has 1 fully saturated rings. The molecular formula is C28H34N2O5. The summed E-state index contributed by atoms with van der Waals surface area (Å²) in [6.07, 6.45) is 2.94. The van der Waals surface area contributed by atoms with Gasteiger partial charge in [0.05, 0.1) is 6.42 Å². The number of nitrogens with one attached hydrogen (secondary N) is 1. The number of fused-ring (bicyclic) bond motifs is 3. The van der Waals surface area contributed by atoms with Crippen molar-refractivity contribution in [2.24, 2.45) is 0 Å². The normalized spacial score (nSPS) is 16.3. The molecule has 0 bridgehead atoms. The molecular weight excluding hydrogens is 444 g/mol. The Labute approximate surface area is 206 Å². The van der Waals surface area contributed by atoms with Crippen LogP contribution in [0.3, 0.4) is 0 Å². The number of amides is 2. The van der Waals surface area contributed by atoms with E-state index in [4.69, 9.17) is 9.84 Å². The van der Waals surface area contributed by atoms with Crippen molar-refractivity contribution < 1.29 is 24.2 Å². The number of alkyl carbamates (subject to hydrolysis) is 1. The predicted octanol–water partition coefficient (Wildman–Crippen LogP) is 4.94. The zero-order valence-corrected chi connectivity index (χ0v) is 20.5. The largest absolute Gasteiger partial charge is 0.481 e. The van der Waals surface area contributed by atoms with E-state index >= 15 is 0 Å². The summed E-state index contributed by atoms with van der Waals surface area (Å²) in [7, 11) is 0. The summed E-state index contributed by atoms with van der Waals surface area (Å²) in [5, 5.41) is 12.1. The van der Waals surface area contributed by atoms with Gasteiger partial charge in [-0.05, 0) is 48.9 Å². The molecule has 1 saturated carbocycles. The van der Waals surface area contributed by atoms with Gasteiger partial charge in [0.2, 0.25) is 5.91 Å². The Morgan fingerprint density at radius 2 is 1.57 bits per heavy atom. The van der Waals surface area contributed by atoms with Crippen molar-refractivity contribution in [2.45, 2.75) is 69.9 Å². The first-order valence-electron chi connectivity index (χ1n) is 12.5. The number of carboxylic acid groups (broad SMARTS) is 1. The minimum absolute atomic E-state index is 0.0612. The van der Waals surface area contributed by atoms with E-state index in [9.17, 15) is 14.4 Å². The van der Waals surface area contributed by atoms with E-state index in [0.717, 1.165) is 41.5 Å². The molecule has 2 aromatic carbocycles. The number of ether oxygens (including phenoxy) is 1. The summed E-state index contributed by atoms with van der Waals surface area (Å²) in [5.41, 5.74) is 3.50. The molecule has 0 aromatic heterocycles. The highest BCUT2D eigenvalue weighted by Gasteiger charge is 2.44. The van der Waals surface area contributed by atoms with Gasteiger partial charge in [-0.15, -0.1) is 0 Å². The summed E-state index contributed by atoms with van der Waals surface area (Å²) in [4.78, 5) is 39.4. The Bertz CT molecular complexity index is 1040. The van der Waals surface area contributed by atoms with Crippen molar-refractivity contribution in [3.8, 4) is 11.1 Å². The number of carbonyl (C=O) groups is 3. The van der Waals surface area contributed by atoms with Gasteiger partial charge in [-0.2, -0.15) is 0 Å². The Balaban J connectivity index is 1.49. The molecule has 7 heteroatoms. The maximum Gasteiger partial charge on any atom is 0.408 e. The molecule has 4 rings (SSSR count). The highest BCUT2D eigenvalue weighted by Crippen LogP contribution is 2.44. The third kappa shape index (κ3) is 5.19. The molecule has 2 aliphatic rings. The van der Waals surface area contributed by atoms with Gasteiger partial charge in [0, 0.05) is 18.5 Å². The van der Waals surface area contributed by atoms with Crippen LogP contribution in [-0.4, -0.2) is 52.7 Å². The summed E-state index contributed by atoms with van der Waals surface area (Å²) in [5.74, 6) is -1.23. The van der Waals surface area contributed by atoms with Crippen LogP contribution < -0.4 is 5.32 Å². The number of hydrogen-bond acceptors (Lipinski definition) is 4. The molecule has 7 nitrogen and oxygen atoms in total. The van der Waals surface area contributed by atoms with E-state index in [1.54, 1.807) is 4.90 Å². The molecule has 0 spiro atoms. The smallest absolute Gasteiger partial charge is 0.408 e. The SMILES string of the molecule is CC(C)N(CCC(=O)O)C(=O)C1(NC(=O)OCC2c3ccccc3-c3ccccc32)CCCCC1. The first-order valence-corrected chi connectivity index (χ1v) is 12.5. The standard InChI is InChI=1S/C28H34N2O5/c1-19(2)30(17-14-25(31)32)26(33)28(15-8-3-9-16-28)29-27(34)35-18-24-22-12-6-4-10-20(22)21-11-5-7-13-23(21)24/h4-7,10-13,19,24H,3,8-9,14-18H2,1-2H3,(H,29,34)(H,31,32). The fourth-order valence-electron chi connectivity index (χ4n) is 5.46. The van der Waals surface area contributed by atoms with Gasteiger partial charge in [0.15, 0.2) is 0 Å². The molecule has 2 aromatic rings. The fraction of sp³-hybridized carbons (Fsp3) is 0.464. The number of rotatable bonds is 8. The highest BCUT2D eigenvalue weighted by atomic mass is 16.5. The van der Waals surface area contributed by atoms with Crippen LogP contribution >= 0.6 is 0 Å². The lowest BCUT2D eigenvalue weighted by Gasteiger charge is -2.41. The van der Waals surface area contributed by atoms with Crippen LogP contribution in [0.5, 0.6) is 0 Å². The Kier molecular flexibility index (Phi) is 7.43. The molecule has 0 atom stereocenters. The van der Waals surface area contributed by atoms with Gasteiger partial charge in [-0.3, -0.25) is 9.59 Å². The molecule has 2 amide bonds. The molecule has 186 valence electrons. The molecule has 2 N–H and O–H groups in total. The first kappa shape index (κ1) is 24.8. The minimum Gasteiger partial charge on any atom is -0.481 e. The second-order valence-electron chi connectivity index (χ2n) is 9.83. The molecule has 0 heterocycles. The van der Waals surface area contributed by atoms with Gasteiger partial charge in [-0.25, -0.2) is 4.79 Å². The number of benzene rings is 2.